The smallest absolute Gasteiger partial charge is 0.416 e. The van der Waals surface area contributed by atoms with E-state index in [0.717, 1.165) is 38.8 Å². The molecule has 2 heterocycles. The Labute approximate surface area is 224 Å². The number of carbonyl (C=O) groups excluding carboxylic acids is 3. The third-order valence-corrected chi connectivity index (χ3v) is 6.97. The lowest BCUT2D eigenvalue weighted by Crippen LogP contribution is -2.43. The fourth-order valence-electron chi connectivity index (χ4n) is 4.65. The summed E-state index contributed by atoms with van der Waals surface area (Å²) in [5, 5.41) is 2.73. The van der Waals surface area contributed by atoms with Gasteiger partial charge in [-0.3, -0.25) is 9.59 Å². The standard InChI is InChI=1S/C29H39FN4O4/c1-6-9-10-11-16-38-29(37)34(15-14-33(7-2)8-3)28(36)26-19(4)25(31-20(26)5)18-23-22-17-21(30)12-13-24(22)32-27(23)35/h12-13,17-18,31H,6-11,14-16H2,1-5H3,(H,32,35). The topological polar surface area (TPSA) is 94.7 Å². The maximum absolute atomic E-state index is 13.9. The van der Waals surface area contributed by atoms with Gasteiger partial charge >= 0.3 is 6.09 Å². The highest BCUT2D eigenvalue weighted by Crippen LogP contribution is 2.34. The predicted octanol–water partition coefficient (Wildman–Crippen LogP) is 5.76. The molecule has 8 nitrogen and oxygen atoms in total. The Balaban J connectivity index is 1.89. The van der Waals surface area contributed by atoms with Crippen LogP contribution in [0.3, 0.4) is 0 Å². The van der Waals surface area contributed by atoms with E-state index >= 15 is 0 Å². The molecule has 2 aromatic rings. The van der Waals surface area contributed by atoms with Gasteiger partial charge in [0.25, 0.3) is 11.8 Å². The number of carbonyl (C=O) groups is 3. The number of anilines is 1. The van der Waals surface area contributed by atoms with Crippen LogP contribution in [-0.2, 0) is 9.53 Å². The molecular weight excluding hydrogens is 487 g/mol. The normalized spacial score (nSPS) is 13.7. The van der Waals surface area contributed by atoms with Gasteiger partial charge in [-0.1, -0.05) is 40.0 Å². The number of rotatable bonds is 12. The first-order valence-corrected chi connectivity index (χ1v) is 13.4. The van der Waals surface area contributed by atoms with Crippen molar-refractivity contribution >= 4 is 35.2 Å². The molecular formula is C29H39FN4O4. The molecule has 0 aliphatic carbocycles. The molecule has 206 valence electrons. The number of ether oxygens (including phenoxy) is 1. The summed E-state index contributed by atoms with van der Waals surface area (Å²) >= 11 is 0. The van der Waals surface area contributed by atoms with Gasteiger partial charge in [-0.2, -0.15) is 0 Å². The lowest BCUT2D eigenvalue weighted by molar-refractivity contribution is -0.110. The molecule has 9 heteroatoms. The van der Waals surface area contributed by atoms with Gasteiger partial charge in [0.1, 0.15) is 5.82 Å². The average Bonchev–Trinajstić information content (AvgIpc) is 3.35. The summed E-state index contributed by atoms with van der Waals surface area (Å²) in [6.45, 7) is 12.3. The molecule has 2 N–H and O–H groups in total. The van der Waals surface area contributed by atoms with Crippen LogP contribution in [0.15, 0.2) is 18.2 Å². The van der Waals surface area contributed by atoms with E-state index in [-0.39, 0.29) is 19.1 Å². The van der Waals surface area contributed by atoms with Gasteiger partial charge in [0.05, 0.1) is 17.7 Å². The van der Waals surface area contributed by atoms with E-state index in [1.54, 1.807) is 19.9 Å². The largest absolute Gasteiger partial charge is 0.449 e. The summed E-state index contributed by atoms with van der Waals surface area (Å²) in [6, 6.07) is 4.12. The van der Waals surface area contributed by atoms with Crippen LogP contribution in [0.1, 0.15) is 79.3 Å². The molecule has 0 saturated carbocycles. The molecule has 3 rings (SSSR count). The van der Waals surface area contributed by atoms with E-state index in [0.29, 0.717) is 45.9 Å². The molecule has 0 unspecified atom stereocenters. The van der Waals surface area contributed by atoms with Crippen LogP contribution >= 0.6 is 0 Å². The van der Waals surface area contributed by atoms with Crippen LogP contribution in [0, 0.1) is 19.7 Å². The summed E-state index contributed by atoms with van der Waals surface area (Å²) in [7, 11) is 0. The van der Waals surface area contributed by atoms with Gasteiger partial charge in [-0.05, 0) is 63.2 Å². The van der Waals surface area contributed by atoms with Crippen LogP contribution in [0.4, 0.5) is 14.9 Å². The Morgan fingerprint density at radius 1 is 1.05 bits per heavy atom. The summed E-state index contributed by atoms with van der Waals surface area (Å²) in [5.74, 6) is -1.25. The van der Waals surface area contributed by atoms with E-state index in [9.17, 15) is 18.8 Å². The van der Waals surface area contributed by atoms with Crippen molar-refractivity contribution in [2.24, 2.45) is 0 Å². The first-order chi connectivity index (χ1) is 18.2. The quantitative estimate of drug-likeness (QED) is 0.271. The molecule has 1 aromatic heterocycles. The fraction of sp³-hybridized carbons (Fsp3) is 0.483. The number of likely N-dealkylation sites (N-methyl/N-ethyl adjacent to an activating group) is 1. The Morgan fingerprint density at radius 2 is 1.79 bits per heavy atom. The number of aromatic nitrogens is 1. The monoisotopic (exact) mass is 526 g/mol. The van der Waals surface area contributed by atoms with Crippen LogP contribution in [0.25, 0.3) is 11.6 Å². The zero-order valence-corrected chi connectivity index (χ0v) is 23.1. The number of nitrogens with one attached hydrogen (secondary N) is 2. The first-order valence-electron chi connectivity index (χ1n) is 13.4. The Hall–Kier alpha value is -3.46. The number of imide groups is 1. The molecule has 0 fully saturated rings. The third-order valence-electron chi connectivity index (χ3n) is 6.97. The fourth-order valence-corrected chi connectivity index (χ4v) is 4.65. The number of fused-ring (bicyclic) bond motifs is 1. The second-order valence-corrected chi connectivity index (χ2v) is 9.52. The number of aryl methyl sites for hydroxylation is 1. The van der Waals surface area contributed by atoms with Crippen LogP contribution in [0.2, 0.25) is 0 Å². The van der Waals surface area contributed by atoms with Crippen molar-refractivity contribution < 1.29 is 23.5 Å². The summed E-state index contributed by atoms with van der Waals surface area (Å²) < 4.78 is 19.4. The summed E-state index contributed by atoms with van der Waals surface area (Å²) in [5.41, 5.74) is 3.36. The molecule has 1 aliphatic heterocycles. The zero-order valence-electron chi connectivity index (χ0n) is 23.1. The lowest BCUT2D eigenvalue weighted by atomic mass is 10.0. The van der Waals surface area contributed by atoms with E-state index in [2.05, 4.69) is 22.1 Å². The summed E-state index contributed by atoms with van der Waals surface area (Å²) in [6.07, 6.45) is 4.82. The van der Waals surface area contributed by atoms with Crippen molar-refractivity contribution in [2.45, 2.75) is 60.3 Å². The molecule has 3 amide bonds. The van der Waals surface area contributed by atoms with Gasteiger partial charge in [-0.25, -0.2) is 14.1 Å². The van der Waals surface area contributed by atoms with Crippen molar-refractivity contribution in [2.75, 3.05) is 38.1 Å². The van der Waals surface area contributed by atoms with E-state index in [1.165, 1.54) is 23.1 Å². The SMILES string of the molecule is CCCCCCOC(=O)N(CCN(CC)CC)C(=O)c1c(C)[nH]c(C=C2C(=O)Nc3ccc(F)cc32)c1C. The minimum atomic E-state index is -0.655. The number of H-pyrrole nitrogens is 1. The van der Waals surface area contributed by atoms with Crippen molar-refractivity contribution in [1.82, 2.24) is 14.8 Å². The molecule has 0 spiro atoms. The van der Waals surface area contributed by atoms with Gasteiger partial charge in [0, 0.05) is 35.7 Å². The maximum Gasteiger partial charge on any atom is 0.416 e. The lowest BCUT2D eigenvalue weighted by Gasteiger charge is -2.25. The van der Waals surface area contributed by atoms with Crippen molar-refractivity contribution in [3.8, 4) is 0 Å². The number of benzene rings is 1. The number of nitrogens with zero attached hydrogens (tertiary/aromatic N) is 2. The van der Waals surface area contributed by atoms with Gasteiger partial charge in [0.2, 0.25) is 0 Å². The number of aromatic amines is 1. The molecule has 0 atom stereocenters. The third kappa shape index (κ3) is 6.69. The summed E-state index contributed by atoms with van der Waals surface area (Å²) in [4.78, 5) is 45.9. The van der Waals surface area contributed by atoms with Crippen LogP contribution in [0.5, 0.6) is 0 Å². The van der Waals surface area contributed by atoms with E-state index < -0.39 is 17.8 Å². The van der Waals surface area contributed by atoms with Gasteiger partial charge in [-0.15, -0.1) is 0 Å². The Kier molecular flexibility index (Phi) is 10.2. The highest BCUT2D eigenvalue weighted by atomic mass is 19.1. The number of hydrogen-bond donors (Lipinski definition) is 2. The molecule has 38 heavy (non-hydrogen) atoms. The first kappa shape index (κ1) is 29.1. The molecule has 0 bridgehead atoms. The highest BCUT2D eigenvalue weighted by molar-refractivity contribution is 6.35. The number of halogens is 1. The molecule has 0 radical (unpaired) electrons. The Bertz CT molecular complexity index is 1200. The zero-order chi connectivity index (χ0) is 27.8. The van der Waals surface area contributed by atoms with Crippen LogP contribution in [-0.4, -0.2) is 65.5 Å². The maximum atomic E-state index is 13.9. The van der Waals surface area contributed by atoms with Gasteiger partial charge < -0.3 is 19.9 Å². The van der Waals surface area contributed by atoms with Crippen molar-refractivity contribution in [3.63, 3.8) is 0 Å². The second-order valence-electron chi connectivity index (χ2n) is 9.52. The minimum absolute atomic E-state index is 0.198. The number of amides is 3. The number of unbranched alkanes of at least 4 members (excludes halogenated alkanes) is 3. The Morgan fingerprint density at radius 3 is 2.47 bits per heavy atom. The molecule has 0 saturated heterocycles. The van der Waals surface area contributed by atoms with E-state index in [1.807, 2.05) is 13.8 Å². The number of hydrogen-bond acceptors (Lipinski definition) is 5. The minimum Gasteiger partial charge on any atom is -0.449 e. The van der Waals surface area contributed by atoms with Crippen molar-refractivity contribution in [1.29, 1.82) is 0 Å². The van der Waals surface area contributed by atoms with E-state index in [4.69, 9.17) is 4.74 Å². The second kappa shape index (κ2) is 13.4. The highest BCUT2D eigenvalue weighted by Gasteiger charge is 2.30. The van der Waals surface area contributed by atoms with Crippen LogP contribution < -0.4 is 5.32 Å². The average molecular weight is 527 g/mol. The molecule has 1 aromatic carbocycles. The van der Waals surface area contributed by atoms with Gasteiger partial charge in [0.15, 0.2) is 0 Å². The predicted molar refractivity (Wildman–Crippen MR) is 147 cm³/mol. The molecule has 1 aliphatic rings. The van der Waals surface area contributed by atoms with Crippen molar-refractivity contribution in [3.05, 3.63) is 52.1 Å².